The second kappa shape index (κ2) is 3.54. The first kappa shape index (κ1) is 8.82. The summed E-state index contributed by atoms with van der Waals surface area (Å²) in [7, 11) is 0. The number of nitrogens with zero attached hydrogens (tertiary/aromatic N) is 1. The van der Waals surface area contributed by atoms with Crippen LogP contribution in [0.25, 0.3) is 0 Å². The van der Waals surface area contributed by atoms with Crippen LogP contribution in [0, 0.1) is 6.92 Å². The van der Waals surface area contributed by atoms with E-state index in [-0.39, 0.29) is 0 Å². The Labute approximate surface area is 79.9 Å². The van der Waals surface area contributed by atoms with E-state index in [2.05, 4.69) is 35.9 Å². The molecule has 1 aliphatic carbocycles. The highest BCUT2D eigenvalue weighted by Gasteiger charge is 2.20. The van der Waals surface area contributed by atoms with E-state index in [1.165, 1.54) is 24.2 Å². The number of hydrogen-bond donors (Lipinski definition) is 1. The van der Waals surface area contributed by atoms with Crippen molar-refractivity contribution in [1.29, 1.82) is 0 Å². The number of aromatic nitrogens is 1. The Morgan fingerprint density at radius 3 is 2.85 bits per heavy atom. The molecule has 2 heteroatoms. The molecule has 2 nitrogen and oxygen atoms in total. The maximum Gasteiger partial charge on any atom is 0.0361 e. The zero-order valence-corrected chi connectivity index (χ0v) is 8.51. The Kier molecular flexibility index (Phi) is 2.40. The smallest absolute Gasteiger partial charge is 0.0361 e. The fraction of sp³-hybridized carbons (Fsp3) is 0.636. The summed E-state index contributed by atoms with van der Waals surface area (Å²) in [5.41, 5.74) is 2.79. The van der Waals surface area contributed by atoms with E-state index in [4.69, 9.17) is 0 Å². The van der Waals surface area contributed by atoms with E-state index in [9.17, 15) is 0 Å². The molecular formula is C11H18N2. The Balaban J connectivity index is 2.00. The van der Waals surface area contributed by atoms with Gasteiger partial charge in [-0.2, -0.15) is 0 Å². The molecule has 1 N–H and O–H groups in total. The third kappa shape index (κ3) is 1.94. The summed E-state index contributed by atoms with van der Waals surface area (Å²) >= 11 is 0. The molecule has 1 aromatic heterocycles. The molecule has 1 aromatic rings. The van der Waals surface area contributed by atoms with Crippen LogP contribution in [0.5, 0.6) is 0 Å². The molecular weight excluding hydrogens is 160 g/mol. The molecule has 0 atom stereocenters. The molecule has 1 aliphatic rings. The molecule has 0 unspecified atom stereocenters. The van der Waals surface area contributed by atoms with Gasteiger partial charge in [0.1, 0.15) is 0 Å². The summed E-state index contributed by atoms with van der Waals surface area (Å²) in [6.45, 7) is 6.49. The maximum absolute atomic E-state index is 3.54. The minimum atomic E-state index is 0.806. The number of aryl methyl sites for hydroxylation is 1. The van der Waals surface area contributed by atoms with Gasteiger partial charge in [-0.1, -0.05) is 0 Å². The molecule has 0 bridgehead atoms. The van der Waals surface area contributed by atoms with E-state index in [1.54, 1.807) is 0 Å². The number of hydrogen-bond acceptors (Lipinski definition) is 1. The van der Waals surface area contributed by atoms with Gasteiger partial charge in [-0.15, -0.1) is 0 Å². The van der Waals surface area contributed by atoms with Gasteiger partial charge in [-0.05, 0) is 38.8 Å². The SMILES string of the molecule is CCn1c(C)ccc1CNC1CC1. The first-order valence-corrected chi connectivity index (χ1v) is 5.19. The molecule has 0 amide bonds. The zero-order chi connectivity index (χ0) is 9.26. The molecule has 1 saturated carbocycles. The van der Waals surface area contributed by atoms with Crippen LogP contribution in [0.3, 0.4) is 0 Å². The van der Waals surface area contributed by atoms with Gasteiger partial charge in [0.25, 0.3) is 0 Å². The van der Waals surface area contributed by atoms with Crippen molar-refractivity contribution in [2.75, 3.05) is 0 Å². The van der Waals surface area contributed by atoms with E-state index < -0.39 is 0 Å². The molecule has 1 fully saturated rings. The highest BCUT2D eigenvalue weighted by atomic mass is 15.0. The van der Waals surface area contributed by atoms with Crippen LogP contribution < -0.4 is 5.32 Å². The van der Waals surface area contributed by atoms with Gasteiger partial charge in [0, 0.05) is 30.5 Å². The lowest BCUT2D eigenvalue weighted by Crippen LogP contribution is -2.18. The molecule has 1 heterocycles. The average Bonchev–Trinajstić information content (AvgIpc) is 2.88. The predicted molar refractivity (Wildman–Crippen MR) is 54.7 cm³/mol. The van der Waals surface area contributed by atoms with Crippen LogP contribution in [0.4, 0.5) is 0 Å². The monoisotopic (exact) mass is 178 g/mol. The van der Waals surface area contributed by atoms with Crippen molar-refractivity contribution in [3.05, 3.63) is 23.5 Å². The lowest BCUT2D eigenvalue weighted by Gasteiger charge is -2.09. The largest absolute Gasteiger partial charge is 0.348 e. The fourth-order valence-corrected chi connectivity index (χ4v) is 1.77. The summed E-state index contributed by atoms with van der Waals surface area (Å²) in [4.78, 5) is 0. The molecule has 72 valence electrons. The van der Waals surface area contributed by atoms with Crippen molar-refractivity contribution in [3.8, 4) is 0 Å². The third-order valence-electron chi connectivity index (χ3n) is 2.75. The number of rotatable bonds is 4. The van der Waals surface area contributed by atoms with Crippen molar-refractivity contribution < 1.29 is 0 Å². The fourth-order valence-electron chi connectivity index (χ4n) is 1.77. The van der Waals surface area contributed by atoms with Crippen molar-refractivity contribution in [3.63, 3.8) is 0 Å². The molecule has 0 aromatic carbocycles. The lowest BCUT2D eigenvalue weighted by molar-refractivity contribution is 0.618. The molecule has 0 aliphatic heterocycles. The molecule has 0 radical (unpaired) electrons. The first-order chi connectivity index (χ1) is 6.31. The van der Waals surface area contributed by atoms with E-state index in [1.807, 2.05) is 0 Å². The summed E-state index contributed by atoms with van der Waals surface area (Å²) in [5.74, 6) is 0. The second-order valence-corrected chi connectivity index (χ2v) is 3.87. The second-order valence-electron chi connectivity index (χ2n) is 3.87. The standard InChI is InChI=1S/C11H18N2/c1-3-13-9(2)4-7-11(13)8-12-10-5-6-10/h4,7,10,12H,3,5-6,8H2,1-2H3. The molecule has 0 saturated heterocycles. The van der Waals surface area contributed by atoms with Crippen LogP contribution in [-0.4, -0.2) is 10.6 Å². The van der Waals surface area contributed by atoms with Crippen molar-refractivity contribution >= 4 is 0 Å². The van der Waals surface area contributed by atoms with Gasteiger partial charge in [0.15, 0.2) is 0 Å². The molecule has 2 rings (SSSR count). The van der Waals surface area contributed by atoms with E-state index >= 15 is 0 Å². The summed E-state index contributed by atoms with van der Waals surface area (Å²) in [5, 5.41) is 3.54. The predicted octanol–water partition coefficient (Wildman–Crippen LogP) is 2.07. The van der Waals surface area contributed by atoms with Gasteiger partial charge < -0.3 is 9.88 Å². The topological polar surface area (TPSA) is 17.0 Å². The highest BCUT2D eigenvalue weighted by Crippen LogP contribution is 2.19. The quantitative estimate of drug-likeness (QED) is 0.747. The Morgan fingerprint density at radius 2 is 2.23 bits per heavy atom. The Morgan fingerprint density at radius 1 is 1.46 bits per heavy atom. The third-order valence-corrected chi connectivity index (χ3v) is 2.75. The van der Waals surface area contributed by atoms with Crippen molar-refractivity contribution in [2.24, 2.45) is 0 Å². The van der Waals surface area contributed by atoms with Gasteiger partial charge in [-0.3, -0.25) is 0 Å². The minimum absolute atomic E-state index is 0.806. The highest BCUT2D eigenvalue weighted by molar-refractivity contribution is 5.15. The summed E-state index contributed by atoms with van der Waals surface area (Å²) in [6, 6.07) is 5.24. The van der Waals surface area contributed by atoms with Crippen LogP contribution >= 0.6 is 0 Å². The Bertz CT molecular complexity index is 284. The molecule has 0 spiro atoms. The normalized spacial score (nSPS) is 16.5. The van der Waals surface area contributed by atoms with E-state index in [0.717, 1.165) is 19.1 Å². The van der Waals surface area contributed by atoms with Crippen LogP contribution in [-0.2, 0) is 13.1 Å². The van der Waals surface area contributed by atoms with Gasteiger partial charge in [0.2, 0.25) is 0 Å². The van der Waals surface area contributed by atoms with Crippen molar-refractivity contribution in [2.45, 2.75) is 45.8 Å². The van der Waals surface area contributed by atoms with E-state index in [0.29, 0.717) is 0 Å². The first-order valence-electron chi connectivity index (χ1n) is 5.19. The minimum Gasteiger partial charge on any atom is -0.348 e. The maximum atomic E-state index is 3.54. The lowest BCUT2D eigenvalue weighted by atomic mass is 10.4. The van der Waals surface area contributed by atoms with Crippen LogP contribution in [0.1, 0.15) is 31.2 Å². The van der Waals surface area contributed by atoms with Gasteiger partial charge in [0.05, 0.1) is 0 Å². The summed E-state index contributed by atoms with van der Waals surface area (Å²) < 4.78 is 2.37. The van der Waals surface area contributed by atoms with Gasteiger partial charge >= 0.3 is 0 Å². The van der Waals surface area contributed by atoms with Gasteiger partial charge in [-0.25, -0.2) is 0 Å². The number of nitrogens with one attached hydrogen (secondary N) is 1. The summed E-state index contributed by atoms with van der Waals surface area (Å²) in [6.07, 6.45) is 2.73. The average molecular weight is 178 g/mol. The van der Waals surface area contributed by atoms with Crippen LogP contribution in [0.2, 0.25) is 0 Å². The Hall–Kier alpha value is -0.760. The molecule has 13 heavy (non-hydrogen) atoms. The van der Waals surface area contributed by atoms with Crippen molar-refractivity contribution in [1.82, 2.24) is 9.88 Å². The zero-order valence-electron chi connectivity index (χ0n) is 8.51. The van der Waals surface area contributed by atoms with Crippen LogP contribution in [0.15, 0.2) is 12.1 Å².